The number of amides is 1. The molecule has 0 aromatic carbocycles. The van der Waals surface area contributed by atoms with Crippen molar-refractivity contribution in [2.45, 2.75) is 57.2 Å². The van der Waals surface area contributed by atoms with Crippen molar-refractivity contribution in [2.75, 3.05) is 57.5 Å². The van der Waals surface area contributed by atoms with Crippen molar-refractivity contribution in [3.8, 4) is 11.8 Å². The minimum Gasteiger partial charge on any atom is -0.483 e. The van der Waals surface area contributed by atoms with Crippen LogP contribution in [-0.4, -0.2) is 98.5 Å². The first-order valence-electron chi connectivity index (χ1n) is 14.4. The van der Waals surface area contributed by atoms with Gasteiger partial charge in [0.15, 0.2) is 17.4 Å². The fraction of sp³-hybridized carbons (Fsp3) is 0.607. The molecule has 44 heavy (non-hydrogen) atoms. The van der Waals surface area contributed by atoms with Crippen LogP contribution in [0, 0.1) is 11.3 Å². The van der Waals surface area contributed by atoms with Gasteiger partial charge in [-0.2, -0.15) is 23.5 Å². The molecule has 2 aromatic heterocycles. The summed E-state index contributed by atoms with van der Waals surface area (Å²) in [6.07, 6.45) is -4.22. The van der Waals surface area contributed by atoms with Gasteiger partial charge in [-0.05, 0) is 18.2 Å². The van der Waals surface area contributed by atoms with Crippen LogP contribution in [0.1, 0.15) is 17.5 Å². The van der Waals surface area contributed by atoms with E-state index in [-0.39, 0.29) is 32.1 Å². The lowest BCUT2D eigenvalue weighted by Gasteiger charge is -2.35. The number of alkyl halides is 3. The summed E-state index contributed by atoms with van der Waals surface area (Å²) in [6.45, 7) is 8.48. The molecule has 1 amide bonds. The smallest absolute Gasteiger partial charge is 0.425 e. The number of hydrogen-bond acceptors (Lipinski definition) is 10. The molecule has 240 valence electrons. The number of rotatable bonds is 12. The molecule has 12 nitrogen and oxygen atoms in total. The van der Waals surface area contributed by atoms with E-state index in [0.29, 0.717) is 43.0 Å². The monoisotopic (exact) mass is 638 g/mol. The molecule has 4 rings (SSSR count). The molecular weight excluding hydrogens is 601 g/mol. The lowest BCUT2D eigenvalue weighted by molar-refractivity contribution is -0.142. The van der Waals surface area contributed by atoms with E-state index in [4.69, 9.17) is 24.2 Å². The van der Waals surface area contributed by atoms with E-state index < -0.39 is 50.1 Å². The SMILES string of the molecule is C[Si](C)(C)CCOCn1ncc(O[C@H]2COC[C@H]2OCCC(=O)N2CCN(c3ccc(C#N)cn3)CC2)c(C(F)(F)F)c1=O. The lowest BCUT2D eigenvalue weighted by atomic mass is 10.2. The first kappa shape index (κ1) is 33.4. The Kier molecular flexibility index (Phi) is 11.0. The number of carbonyl (C=O) groups is 1. The molecule has 0 spiro atoms. The number of ether oxygens (including phenoxy) is 4. The van der Waals surface area contributed by atoms with Crippen LogP contribution in [0.15, 0.2) is 29.3 Å². The summed E-state index contributed by atoms with van der Waals surface area (Å²) in [4.78, 5) is 33.5. The molecule has 2 aliphatic rings. The number of pyridine rings is 1. The van der Waals surface area contributed by atoms with Gasteiger partial charge in [0.2, 0.25) is 5.91 Å². The second-order valence-corrected chi connectivity index (χ2v) is 17.4. The van der Waals surface area contributed by atoms with Crippen LogP contribution in [-0.2, 0) is 31.9 Å². The van der Waals surface area contributed by atoms with E-state index in [1.54, 1.807) is 17.0 Å². The number of nitrogens with zero attached hydrogens (tertiary/aromatic N) is 6. The van der Waals surface area contributed by atoms with Crippen LogP contribution in [0.3, 0.4) is 0 Å². The van der Waals surface area contributed by atoms with Gasteiger partial charge in [-0.3, -0.25) is 9.59 Å². The first-order valence-corrected chi connectivity index (χ1v) is 18.1. The minimum absolute atomic E-state index is 0.0187. The molecule has 2 saturated heterocycles. The van der Waals surface area contributed by atoms with Crippen molar-refractivity contribution in [1.29, 1.82) is 5.26 Å². The third-order valence-electron chi connectivity index (χ3n) is 7.24. The van der Waals surface area contributed by atoms with Crippen LogP contribution in [0.25, 0.3) is 0 Å². The van der Waals surface area contributed by atoms with Crippen molar-refractivity contribution < 1.29 is 36.9 Å². The summed E-state index contributed by atoms with van der Waals surface area (Å²) in [5.41, 5.74) is -2.36. The summed E-state index contributed by atoms with van der Waals surface area (Å²) in [5, 5.41) is 12.8. The highest BCUT2D eigenvalue weighted by molar-refractivity contribution is 6.76. The van der Waals surface area contributed by atoms with E-state index in [1.165, 1.54) is 6.20 Å². The second kappa shape index (κ2) is 14.5. The van der Waals surface area contributed by atoms with Gasteiger partial charge in [0.1, 0.15) is 24.7 Å². The minimum atomic E-state index is -4.99. The number of aromatic nitrogens is 3. The Balaban J connectivity index is 1.28. The standard InChI is InChI=1S/C28H37F3N6O6Si/c1-44(2,3)13-12-40-19-37-27(39)26(28(29,30)31)21(16-34-37)43-23-18-41-17-22(23)42-11-6-25(38)36-9-7-35(8-10-36)24-5-4-20(14-32)15-33-24/h4-5,15-16,22-23H,6-13,17-19H2,1-3H3/t22-,23+/m1/s1. The van der Waals surface area contributed by atoms with E-state index in [2.05, 4.69) is 29.7 Å². The van der Waals surface area contributed by atoms with Gasteiger partial charge in [0.25, 0.3) is 5.56 Å². The Morgan fingerprint density at radius 2 is 1.84 bits per heavy atom. The molecule has 0 saturated carbocycles. The van der Waals surface area contributed by atoms with Crippen LogP contribution in [0.5, 0.6) is 5.75 Å². The van der Waals surface area contributed by atoms with Crippen molar-refractivity contribution in [1.82, 2.24) is 19.7 Å². The van der Waals surface area contributed by atoms with Gasteiger partial charge in [-0.15, -0.1) is 0 Å². The molecule has 4 heterocycles. The van der Waals surface area contributed by atoms with Crippen molar-refractivity contribution in [2.24, 2.45) is 0 Å². The van der Waals surface area contributed by atoms with Gasteiger partial charge in [0.05, 0.1) is 38.0 Å². The Labute approximate surface area is 254 Å². The number of anilines is 1. The van der Waals surface area contributed by atoms with Gasteiger partial charge < -0.3 is 28.7 Å². The second-order valence-electron chi connectivity index (χ2n) is 11.8. The highest BCUT2D eigenvalue weighted by Crippen LogP contribution is 2.34. The number of nitriles is 1. The third kappa shape index (κ3) is 9.00. The molecule has 0 bridgehead atoms. The van der Waals surface area contributed by atoms with E-state index in [0.717, 1.165) is 18.1 Å². The third-order valence-corrected chi connectivity index (χ3v) is 8.95. The zero-order valence-corrected chi connectivity index (χ0v) is 26.0. The van der Waals surface area contributed by atoms with Gasteiger partial charge in [-0.1, -0.05) is 19.6 Å². The zero-order valence-electron chi connectivity index (χ0n) is 25.0. The highest BCUT2D eigenvalue weighted by Gasteiger charge is 2.41. The van der Waals surface area contributed by atoms with Crippen molar-refractivity contribution in [3.63, 3.8) is 0 Å². The molecular formula is C28H37F3N6O6Si. The van der Waals surface area contributed by atoms with Gasteiger partial charge in [0, 0.05) is 47.1 Å². The Morgan fingerprint density at radius 1 is 1.11 bits per heavy atom. The molecule has 2 aromatic rings. The number of piperazine rings is 1. The lowest BCUT2D eigenvalue weighted by Crippen LogP contribution is -2.49. The largest absolute Gasteiger partial charge is 0.483 e. The average molecular weight is 639 g/mol. The quantitative estimate of drug-likeness (QED) is 0.253. The van der Waals surface area contributed by atoms with Crippen LogP contribution >= 0.6 is 0 Å². The molecule has 2 fully saturated rings. The fourth-order valence-corrected chi connectivity index (χ4v) is 5.43. The molecule has 0 radical (unpaired) electrons. The summed E-state index contributed by atoms with van der Waals surface area (Å²) >= 11 is 0. The average Bonchev–Trinajstić information content (AvgIpc) is 3.41. The topological polar surface area (TPSA) is 132 Å². The normalized spacial score (nSPS) is 19.2. The molecule has 0 unspecified atom stereocenters. The Morgan fingerprint density at radius 3 is 2.48 bits per heavy atom. The maximum atomic E-state index is 13.9. The predicted octanol–water partition coefficient (Wildman–Crippen LogP) is 2.74. The van der Waals surface area contributed by atoms with Crippen molar-refractivity contribution >= 4 is 19.8 Å². The number of halogens is 3. The maximum Gasteiger partial charge on any atom is 0.425 e. The summed E-state index contributed by atoms with van der Waals surface area (Å²) in [6, 6.07) is 6.29. The van der Waals surface area contributed by atoms with Crippen LogP contribution in [0.2, 0.25) is 25.7 Å². The van der Waals surface area contributed by atoms with Crippen LogP contribution in [0.4, 0.5) is 19.0 Å². The highest BCUT2D eigenvalue weighted by atomic mass is 28.3. The maximum absolute atomic E-state index is 13.9. The molecule has 2 aliphatic heterocycles. The van der Waals surface area contributed by atoms with Crippen LogP contribution < -0.4 is 15.2 Å². The number of hydrogen-bond donors (Lipinski definition) is 0. The number of carbonyl (C=O) groups excluding carboxylic acids is 1. The van der Waals surface area contributed by atoms with E-state index in [9.17, 15) is 22.8 Å². The molecule has 0 N–H and O–H groups in total. The van der Waals surface area contributed by atoms with Gasteiger partial charge >= 0.3 is 6.18 Å². The Bertz CT molecular complexity index is 1370. The zero-order chi connectivity index (χ0) is 31.9. The predicted molar refractivity (Wildman–Crippen MR) is 155 cm³/mol. The van der Waals surface area contributed by atoms with E-state index >= 15 is 0 Å². The van der Waals surface area contributed by atoms with Gasteiger partial charge in [-0.25, -0.2) is 9.67 Å². The molecule has 0 aliphatic carbocycles. The molecule has 2 atom stereocenters. The first-order chi connectivity index (χ1) is 20.9. The summed E-state index contributed by atoms with van der Waals surface area (Å²) in [5.74, 6) is -0.0950. The van der Waals surface area contributed by atoms with E-state index in [1.807, 2.05) is 11.0 Å². The molecule has 16 heteroatoms. The Hall–Kier alpha value is -3.52. The van der Waals surface area contributed by atoms with Crippen molar-refractivity contribution in [3.05, 3.63) is 46.0 Å². The summed E-state index contributed by atoms with van der Waals surface area (Å²) < 4.78 is 64.6. The fourth-order valence-electron chi connectivity index (χ4n) is 4.67. The summed E-state index contributed by atoms with van der Waals surface area (Å²) in [7, 11) is -1.42.